The molecule has 0 aliphatic rings. The highest BCUT2D eigenvalue weighted by molar-refractivity contribution is 7.09. The smallest absolute Gasteiger partial charge is 0.192 e. The van der Waals surface area contributed by atoms with Crippen molar-refractivity contribution in [2.24, 2.45) is 12.0 Å². The SMILES string of the molecule is C=CCNC(=NCc1nnc(C)n1C)NCc1cccs1. The van der Waals surface area contributed by atoms with Gasteiger partial charge < -0.3 is 15.2 Å². The molecule has 112 valence electrons. The third kappa shape index (κ3) is 4.42. The van der Waals surface area contributed by atoms with Gasteiger partial charge in [0.1, 0.15) is 12.4 Å². The van der Waals surface area contributed by atoms with Crippen LogP contribution in [0.4, 0.5) is 0 Å². The molecule has 0 unspecified atom stereocenters. The van der Waals surface area contributed by atoms with Gasteiger partial charge in [-0.1, -0.05) is 12.1 Å². The Morgan fingerprint density at radius 1 is 1.48 bits per heavy atom. The Bertz CT molecular complexity index is 599. The van der Waals surface area contributed by atoms with Crippen LogP contribution in [0.25, 0.3) is 0 Å². The van der Waals surface area contributed by atoms with Crippen LogP contribution in [0.5, 0.6) is 0 Å². The number of aryl methyl sites for hydroxylation is 1. The Morgan fingerprint density at radius 2 is 2.33 bits per heavy atom. The fraction of sp³-hybridized carbons (Fsp3) is 0.357. The van der Waals surface area contributed by atoms with Crippen molar-refractivity contribution in [1.82, 2.24) is 25.4 Å². The molecule has 7 heteroatoms. The number of nitrogens with zero attached hydrogens (tertiary/aromatic N) is 4. The maximum absolute atomic E-state index is 4.53. The molecule has 0 aliphatic heterocycles. The monoisotopic (exact) mass is 304 g/mol. The summed E-state index contributed by atoms with van der Waals surface area (Å²) in [6.07, 6.45) is 1.80. The van der Waals surface area contributed by atoms with Crippen LogP contribution in [0.3, 0.4) is 0 Å². The van der Waals surface area contributed by atoms with Gasteiger partial charge in [-0.2, -0.15) is 0 Å². The average Bonchev–Trinajstić information content (AvgIpc) is 3.11. The van der Waals surface area contributed by atoms with Crippen LogP contribution in [0.1, 0.15) is 16.5 Å². The van der Waals surface area contributed by atoms with Gasteiger partial charge in [0, 0.05) is 18.5 Å². The number of thiophene rings is 1. The van der Waals surface area contributed by atoms with Crippen molar-refractivity contribution in [3.63, 3.8) is 0 Å². The molecule has 0 aliphatic carbocycles. The van der Waals surface area contributed by atoms with Crippen LogP contribution < -0.4 is 10.6 Å². The first-order valence-corrected chi connectivity index (χ1v) is 7.59. The van der Waals surface area contributed by atoms with Gasteiger partial charge in [0.2, 0.25) is 0 Å². The van der Waals surface area contributed by atoms with Gasteiger partial charge in [-0.25, -0.2) is 4.99 Å². The molecule has 0 radical (unpaired) electrons. The summed E-state index contributed by atoms with van der Waals surface area (Å²) < 4.78 is 1.94. The van der Waals surface area contributed by atoms with E-state index in [1.165, 1.54) is 4.88 Å². The van der Waals surface area contributed by atoms with E-state index in [2.05, 4.69) is 43.8 Å². The zero-order chi connectivity index (χ0) is 15.1. The molecule has 0 atom stereocenters. The molecule has 0 fully saturated rings. The zero-order valence-corrected chi connectivity index (χ0v) is 13.2. The Hall–Kier alpha value is -2.15. The minimum atomic E-state index is 0.480. The number of guanidine groups is 1. The van der Waals surface area contributed by atoms with E-state index >= 15 is 0 Å². The molecule has 2 rings (SSSR count). The highest BCUT2D eigenvalue weighted by atomic mass is 32.1. The van der Waals surface area contributed by atoms with E-state index in [1.807, 2.05) is 24.6 Å². The average molecular weight is 304 g/mol. The number of aliphatic imine (C=N–C) groups is 1. The Morgan fingerprint density at radius 3 is 2.95 bits per heavy atom. The first kappa shape index (κ1) is 15.2. The fourth-order valence-corrected chi connectivity index (χ4v) is 2.31. The van der Waals surface area contributed by atoms with Crippen LogP contribution in [0, 0.1) is 6.92 Å². The summed E-state index contributed by atoms with van der Waals surface area (Å²) in [6, 6.07) is 4.13. The summed E-state index contributed by atoms with van der Waals surface area (Å²) in [4.78, 5) is 5.79. The number of nitrogens with one attached hydrogen (secondary N) is 2. The van der Waals surface area contributed by atoms with Gasteiger partial charge in [0.15, 0.2) is 11.8 Å². The van der Waals surface area contributed by atoms with Gasteiger partial charge in [0.05, 0.1) is 6.54 Å². The molecule has 0 bridgehead atoms. The minimum absolute atomic E-state index is 0.480. The van der Waals surface area contributed by atoms with Crippen LogP contribution >= 0.6 is 11.3 Å². The number of hydrogen-bond acceptors (Lipinski definition) is 4. The minimum Gasteiger partial charge on any atom is -0.353 e. The number of hydrogen-bond donors (Lipinski definition) is 2. The molecule has 2 aromatic heterocycles. The van der Waals surface area contributed by atoms with Crippen molar-refractivity contribution in [2.45, 2.75) is 20.0 Å². The highest BCUT2D eigenvalue weighted by Gasteiger charge is 2.05. The molecular formula is C14H20N6S. The Kier molecular flexibility index (Phi) is 5.51. The first-order valence-electron chi connectivity index (χ1n) is 6.71. The molecule has 0 saturated carbocycles. The standard InChI is InChI=1S/C14H20N6S/c1-4-7-15-14(16-9-12-6-5-8-21-12)17-10-13-19-18-11(2)20(13)3/h4-6,8H,1,7,9-10H2,2-3H3,(H2,15,16,17). The lowest BCUT2D eigenvalue weighted by Gasteiger charge is -2.10. The quantitative estimate of drug-likeness (QED) is 0.483. The topological polar surface area (TPSA) is 67.1 Å². The van der Waals surface area contributed by atoms with Crippen LogP contribution in [-0.4, -0.2) is 27.3 Å². The largest absolute Gasteiger partial charge is 0.353 e. The van der Waals surface area contributed by atoms with Gasteiger partial charge in [-0.3, -0.25) is 0 Å². The lowest BCUT2D eigenvalue weighted by Crippen LogP contribution is -2.36. The second-order valence-corrected chi connectivity index (χ2v) is 5.52. The molecule has 2 N–H and O–H groups in total. The van der Waals surface area contributed by atoms with E-state index in [0.29, 0.717) is 13.1 Å². The van der Waals surface area contributed by atoms with Gasteiger partial charge in [-0.15, -0.1) is 28.1 Å². The Balaban J connectivity index is 1.98. The predicted molar refractivity (Wildman–Crippen MR) is 86.2 cm³/mol. The molecule has 0 amide bonds. The van der Waals surface area contributed by atoms with E-state index < -0.39 is 0 Å². The summed E-state index contributed by atoms with van der Waals surface area (Å²) in [7, 11) is 1.94. The number of rotatable bonds is 6. The summed E-state index contributed by atoms with van der Waals surface area (Å²) >= 11 is 1.72. The Labute approximate surface area is 128 Å². The third-order valence-electron chi connectivity index (χ3n) is 2.99. The van der Waals surface area contributed by atoms with E-state index in [0.717, 1.165) is 24.2 Å². The van der Waals surface area contributed by atoms with E-state index in [-0.39, 0.29) is 0 Å². The van der Waals surface area contributed by atoms with E-state index in [9.17, 15) is 0 Å². The van der Waals surface area contributed by atoms with Crippen LogP contribution in [0.2, 0.25) is 0 Å². The summed E-state index contributed by atoms with van der Waals surface area (Å²) in [5, 5.41) is 16.7. The van der Waals surface area contributed by atoms with Gasteiger partial charge in [0.25, 0.3) is 0 Å². The lowest BCUT2D eigenvalue weighted by atomic mass is 10.4. The van der Waals surface area contributed by atoms with Crippen molar-refractivity contribution in [3.8, 4) is 0 Å². The highest BCUT2D eigenvalue weighted by Crippen LogP contribution is 2.07. The normalized spacial score (nSPS) is 11.4. The summed E-state index contributed by atoms with van der Waals surface area (Å²) in [5.41, 5.74) is 0. The van der Waals surface area contributed by atoms with Crippen molar-refractivity contribution in [1.29, 1.82) is 0 Å². The first-order chi connectivity index (χ1) is 10.2. The van der Waals surface area contributed by atoms with Crippen molar-refractivity contribution < 1.29 is 0 Å². The zero-order valence-electron chi connectivity index (χ0n) is 12.3. The van der Waals surface area contributed by atoms with Crippen LogP contribution in [0.15, 0.2) is 35.2 Å². The fourth-order valence-electron chi connectivity index (χ4n) is 1.67. The maximum atomic E-state index is 4.53. The maximum Gasteiger partial charge on any atom is 0.192 e. The molecule has 0 saturated heterocycles. The van der Waals surface area contributed by atoms with Gasteiger partial charge >= 0.3 is 0 Å². The molecule has 2 heterocycles. The predicted octanol–water partition coefficient (Wildman–Crippen LogP) is 1.61. The number of aromatic nitrogens is 3. The second-order valence-electron chi connectivity index (χ2n) is 4.49. The molecule has 21 heavy (non-hydrogen) atoms. The lowest BCUT2D eigenvalue weighted by molar-refractivity contribution is 0.760. The molecule has 6 nitrogen and oxygen atoms in total. The van der Waals surface area contributed by atoms with Crippen molar-refractivity contribution in [2.75, 3.05) is 6.54 Å². The summed E-state index contributed by atoms with van der Waals surface area (Å²) in [5.74, 6) is 2.46. The van der Waals surface area contributed by atoms with Gasteiger partial charge in [-0.05, 0) is 18.4 Å². The molecule has 2 aromatic rings. The summed E-state index contributed by atoms with van der Waals surface area (Å²) in [6.45, 7) is 7.52. The third-order valence-corrected chi connectivity index (χ3v) is 3.86. The second kappa shape index (κ2) is 7.58. The van der Waals surface area contributed by atoms with E-state index in [4.69, 9.17) is 0 Å². The molecular weight excluding hydrogens is 284 g/mol. The van der Waals surface area contributed by atoms with Crippen molar-refractivity contribution >= 4 is 17.3 Å². The molecule has 0 aromatic carbocycles. The van der Waals surface area contributed by atoms with Crippen molar-refractivity contribution in [3.05, 3.63) is 46.7 Å². The van der Waals surface area contributed by atoms with Crippen LogP contribution in [-0.2, 0) is 20.1 Å². The molecule has 0 spiro atoms. The van der Waals surface area contributed by atoms with E-state index in [1.54, 1.807) is 17.4 Å².